The number of amides is 1. The van der Waals surface area contributed by atoms with E-state index in [4.69, 9.17) is 0 Å². The molecule has 6 nitrogen and oxygen atoms in total. The minimum Gasteiger partial charge on any atom is -0.349 e. The molecule has 1 aromatic heterocycles. The summed E-state index contributed by atoms with van der Waals surface area (Å²) < 4.78 is 15.4. The van der Waals surface area contributed by atoms with Gasteiger partial charge in [-0.1, -0.05) is 26.0 Å². The number of aromatic nitrogens is 2. The first-order valence-corrected chi connectivity index (χ1v) is 8.53. The number of likely N-dealkylation sites (N-methyl/N-ethyl adjacent to an activating group) is 1. The number of hydrogen-bond donors (Lipinski definition) is 1. The van der Waals surface area contributed by atoms with E-state index in [2.05, 4.69) is 24.3 Å². The molecule has 0 aliphatic carbocycles. The molecule has 0 fully saturated rings. The zero-order chi connectivity index (χ0) is 19.4. The molecule has 2 rings (SSSR count). The van der Waals surface area contributed by atoms with Gasteiger partial charge < -0.3 is 10.2 Å². The number of rotatable bonds is 6. The second-order valence-electron chi connectivity index (χ2n) is 6.85. The topological polar surface area (TPSA) is 67.2 Å². The highest BCUT2D eigenvalue weighted by molar-refractivity contribution is 5.92. The number of carbonyl (C=O) groups is 1. The molecule has 1 N–H and O–H groups in total. The summed E-state index contributed by atoms with van der Waals surface area (Å²) in [6.07, 6.45) is 0. The molecule has 1 unspecified atom stereocenters. The summed E-state index contributed by atoms with van der Waals surface area (Å²) in [5.41, 5.74) is -0.101. The van der Waals surface area contributed by atoms with E-state index < -0.39 is 17.2 Å². The van der Waals surface area contributed by atoms with Crippen LogP contribution in [-0.4, -0.2) is 47.3 Å². The second-order valence-corrected chi connectivity index (χ2v) is 6.85. The van der Waals surface area contributed by atoms with Crippen molar-refractivity contribution in [2.24, 2.45) is 5.92 Å². The maximum atomic E-state index is 14.1. The molecule has 7 heteroatoms. The minimum absolute atomic E-state index is 0.123. The molecule has 0 spiro atoms. The molecule has 1 heterocycles. The third kappa shape index (κ3) is 4.35. The van der Waals surface area contributed by atoms with Crippen LogP contribution in [0.5, 0.6) is 0 Å². The first-order chi connectivity index (χ1) is 12.2. The molecular formula is C19H25FN4O2. The summed E-state index contributed by atoms with van der Waals surface area (Å²) in [5, 5.41) is 6.87. The van der Waals surface area contributed by atoms with Gasteiger partial charge in [0.1, 0.15) is 11.5 Å². The second kappa shape index (κ2) is 8.23. The number of nitrogens with zero attached hydrogens (tertiary/aromatic N) is 3. The van der Waals surface area contributed by atoms with E-state index in [1.54, 1.807) is 25.1 Å². The molecule has 1 aromatic carbocycles. The largest absolute Gasteiger partial charge is 0.349 e. The summed E-state index contributed by atoms with van der Waals surface area (Å²) >= 11 is 0. The minimum atomic E-state index is -0.562. The third-order valence-electron chi connectivity index (χ3n) is 4.31. The van der Waals surface area contributed by atoms with Gasteiger partial charge in [0.2, 0.25) is 5.43 Å². The van der Waals surface area contributed by atoms with Crippen molar-refractivity contribution in [2.75, 3.05) is 20.6 Å². The van der Waals surface area contributed by atoms with Crippen LogP contribution in [0.3, 0.4) is 0 Å². The Labute approximate surface area is 152 Å². The zero-order valence-electron chi connectivity index (χ0n) is 15.8. The van der Waals surface area contributed by atoms with Crippen molar-refractivity contribution in [1.82, 2.24) is 20.0 Å². The average molecular weight is 360 g/mol. The number of benzene rings is 1. The first kappa shape index (κ1) is 19.8. The van der Waals surface area contributed by atoms with E-state index >= 15 is 0 Å². The van der Waals surface area contributed by atoms with Crippen LogP contribution < -0.4 is 10.7 Å². The Bertz CT molecular complexity index is 838. The van der Waals surface area contributed by atoms with Gasteiger partial charge in [-0.3, -0.25) is 9.59 Å². The predicted molar refractivity (Wildman–Crippen MR) is 99.2 cm³/mol. The summed E-state index contributed by atoms with van der Waals surface area (Å²) in [6.45, 7) is 6.15. The van der Waals surface area contributed by atoms with Crippen molar-refractivity contribution in [3.05, 3.63) is 57.8 Å². The summed E-state index contributed by atoms with van der Waals surface area (Å²) in [4.78, 5) is 26.7. The van der Waals surface area contributed by atoms with Crippen LogP contribution in [0.1, 0.15) is 30.0 Å². The molecule has 26 heavy (non-hydrogen) atoms. The highest BCUT2D eigenvalue weighted by Gasteiger charge is 2.20. The molecule has 0 aliphatic rings. The maximum Gasteiger partial charge on any atom is 0.275 e. The molecule has 0 saturated carbocycles. The van der Waals surface area contributed by atoms with Crippen molar-refractivity contribution < 1.29 is 9.18 Å². The van der Waals surface area contributed by atoms with E-state index in [1.165, 1.54) is 16.8 Å². The zero-order valence-corrected chi connectivity index (χ0v) is 15.8. The van der Waals surface area contributed by atoms with Crippen LogP contribution in [0.25, 0.3) is 5.69 Å². The quantitative estimate of drug-likeness (QED) is 0.856. The normalized spacial score (nSPS) is 12.5. The van der Waals surface area contributed by atoms with Gasteiger partial charge in [0.05, 0.1) is 0 Å². The van der Waals surface area contributed by atoms with E-state index in [-0.39, 0.29) is 17.4 Å². The Morgan fingerprint density at radius 3 is 2.54 bits per heavy atom. The fourth-order valence-electron chi connectivity index (χ4n) is 2.87. The van der Waals surface area contributed by atoms with Gasteiger partial charge in [-0.15, -0.1) is 0 Å². The third-order valence-corrected chi connectivity index (χ3v) is 4.31. The Morgan fingerprint density at radius 1 is 1.31 bits per heavy atom. The van der Waals surface area contributed by atoms with Crippen molar-refractivity contribution in [3.8, 4) is 5.69 Å². The SMILES string of the molecule is Cc1cc(=O)c(C(=O)NCC(C(C)C)N(C)C)nn1-c1ccccc1F. The Morgan fingerprint density at radius 2 is 1.96 bits per heavy atom. The molecule has 0 bridgehead atoms. The Balaban J connectivity index is 2.32. The maximum absolute atomic E-state index is 14.1. The molecule has 1 amide bonds. The van der Waals surface area contributed by atoms with E-state index in [0.717, 1.165) is 0 Å². The molecule has 140 valence electrons. The summed E-state index contributed by atoms with van der Waals surface area (Å²) in [6, 6.07) is 7.50. The van der Waals surface area contributed by atoms with Gasteiger partial charge in [-0.25, -0.2) is 9.07 Å². The van der Waals surface area contributed by atoms with Crippen LogP contribution in [0, 0.1) is 18.7 Å². The average Bonchev–Trinajstić information content (AvgIpc) is 2.55. The fourth-order valence-corrected chi connectivity index (χ4v) is 2.87. The fraction of sp³-hybridized carbons (Fsp3) is 0.421. The highest BCUT2D eigenvalue weighted by atomic mass is 19.1. The Hall–Kier alpha value is -2.54. The van der Waals surface area contributed by atoms with Gasteiger partial charge in [0, 0.05) is 24.3 Å². The monoisotopic (exact) mass is 360 g/mol. The molecule has 2 aromatic rings. The van der Waals surface area contributed by atoms with Gasteiger partial charge >= 0.3 is 0 Å². The molecule has 0 saturated heterocycles. The van der Waals surface area contributed by atoms with Gasteiger partial charge in [-0.2, -0.15) is 5.10 Å². The van der Waals surface area contributed by atoms with Gasteiger partial charge in [0.25, 0.3) is 5.91 Å². The van der Waals surface area contributed by atoms with Gasteiger partial charge in [-0.05, 0) is 39.1 Å². The van der Waals surface area contributed by atoms with Crippen LogP contribution in [0.15, 0.2) is 35.1 Å². The van der Waals surface area contributed by atoms with Crippen LogP contribution in [0.2, 0.25) is 0 Å². The van der Waals surface area contributed by atoms with Crippen molar-refractivity contribution in [1.29, 1.82) is 0 Å². The lowest BCUT2D eigenvalue weighted by molar-refractivity contribution is 0.0926. The molecule has 0 aliphatic heterocycles. The lowest BCUT2D eigenvalue weighted by Crippen LogP contribution is -2.44. The summed E-state index contributed by atoms with van der Waals surface area (Å²) in [7, 11) is 3.87. The number of carbonyl (C=O) groups excluding carboxylic acids is 1. The van der Waals surface area contributed by atoms with Crippen molar-refractivity contribution in [3.63, 3.8) is 0 Å². The van der Waals surface area contributed by atoms with Crippen LogP contribution in [-0.2, 0) is 0 Å². The highest BCUT2D eigenvalue weighted by Crippen LogP contribution is 2.13. The smallest absolute Gasteiger partial charge is 0.275 e. The lowest BCUT2D eigenvalue weighted by Gasteiger charge is -2.28. The molecule has 0 radical (unpaired) electrons. The first-order valence-electron chi connectivity index (χ1n) is 8.53. The standard InChI is InChI=1S/C19H25FN4O2/c1-12(2)16(23(4)5)11-21-19(26)18-17(25)10-13(3)24(22-18)15-9-7-6-8-14(15)20/h6-10,12,16H,11H2,1-5H3,(H,21,26). The van der Waals surface area contributed by atoms with E-state index in [9.17, 15) is 14.0 Å². The molecular weight excluding hydrogens is 335 g/mol. The van der Waals surface area contributed by atoms with E-state index in [0.29, 0.717) is 18.2 Å². The predicted octanol–water partition coefficient (Wildman–Crippen LogP) is 2.00. The number of aryl methyl sites for hydroxylation is 1. The van der Waals surface area contributed by atoms with Crippen molar-refractivity contribution in [2.45, 2.75) is 26.8 Å². The number of para-hydroxylation sites is 1. The lowest BCUT2D eigenvalue weighted by atomic mass is 10.0. The number of nitrogens with one attached hydrogen (secondary N) is 1. The number of halogens is 1. The summed E-state index contributed by atoms with van der Waals surface area (Å²) in [5.74, 6) is -0.718. The van der Waals surface area contributed by atoms with Crippen LogP contribution >= 0.6 is 0 Å². The van der Waals surface area contributed by atoms with Gasteiger partial charge in [0.15, 0.2) is 5.69 Å². The van der Waals surface area contributed by atoms with E-state index in [1.807, 2.05) is 19.0 Å². The van der Waals surface area contributed by atoms with Crippen LogP contribution in [0.4, 0.5) is 4.39 Å². The molecule has 1 atom stereocenters. The van der Waals surface area contributed by atoms with Crippen molar-refractivity contribution >= 4 is 5.91 Å². The number of hydrogen-bond acceptors (Lipinski definition) is 4. The Kier molecular flexibility index (Phi) is 6.26.